The number of phenols is 1. The summed E-state index contributed by atoms with van der Waals surface area (Å²) in [4.78, 5) is 17.1. The van der Waals surface area contributed by atoms with E-state index >= 15 is 0 Å². The van der Waals surface area contributed by atoms with Crippen LogP contribution < -0.4 is 4.90 Å². The van der Waals surface area contributed by atoms with Crippen molar-refractivity contribution in [2.24, 2.45) is 0 Å². The number of benzene rings is 2. The maximum Gasteiger partial charge on any atom is 0.253 e. The Balaban J connectivity index is 1.40. The van der Waals surface area contributed by atoms with E-state index in [-0.39, 0.29) is 28.8 Å². The zero-order valence-corrected chi connectivity index (χ0v) is 19.2. The first-order valence-electron chi connectivity index (χ1n) is 10.8. The zero-order chi connectivity index (χ0) is 22.9. The molecule has 0 radical (unpaired) electrons. The standard InChI is InChI=1S/C23H29N3O5S/c1-17-15-26(16-18(2)31-17)32(29,30)22-9-3-19(4-10-22)23(28)25-13-11-24(12-14-25)20-5-7-21(27)8-6-20/h3-10,17-18,27H,11-16H2,1-2H3/t17-,18+. The number of carbonyl (C=O) groups excluding carboxylic acids is 1. The van der Waals surface area contributed by atoms with E-state index in [0.717, 1.165) is 5.69 Å². The van der Waals surface area contributed by atoms with Gasteiger partial charge in [-0.1, -0.05) is 0 Å². The molecule has 0 saturated carbocycles. The van der Waals surface area contributed by atoms with Gasteiger partial charge in [0, 0.05) is 50.5 Å². The third kappa shape index (κ3) is 4.74. The number of piperazine rings is 1. The van der Waals surface area contributed by atoms with Gasteiger partial charge in [-0.2, -0.15) is 4.31 Å². The fourth-order valence-corrected chi connectivity index (χ4v) is 5.85. The number of aromatic hydroxyl groups is 1. The Morgan fingerprint density at radius 2 is 1.47 bits per heavy atom. The fraction of sp³-hybridized carbons (Fsp3) is 0.435. The van der Waals surface area contributed by atoms with Crippen LogP contribution in [0, 0.1) is 0 Å². The second-order valence-electron chi connectivity index (χ2n) is 8.40. The summed E-state index contributed by atoms with van der Waals surface area (Å²) in [7, 11) is -3.63. The third-order valence-electron chi connectivity index (χ3n) is 5.91. The van der Waals surface area contributed by atoms with E-state index in [1.165, 1.54) is 16.4 Å². The number of hydrogen-bond acceptors (Lipinski definition) is 6. The van der Waals surface area contributed by atoms with E-state index in [9.17, 15) is 18.3 Å². The Hall–Kier alpha value is -2.62. The molecule has 2 saturated heterocycles. The van der Waals surface area contributed by atoms with E-state index < -0.39 is 10.0 Å². The summed E-state index contributed by atoms with van der Waals surface area (Å²) in [5.41, 5.74) is 1.49. The van der Waals surface area contributed by atoms with Gasteiger partial charge in [-0.25, -0.2) is 8.42 Å². The summed E-state index contributed by atoms with van der Waals surface area (Å²) in [5, 5.41) is 9.45. The third-order valence-corrected chi connectivity index (χ3v) is 7.75. The van der Waals surface area contributed by atoms with Crippen molar-refractivity contribution in [1.29, 1.82) is 0 Å². The molecule has 1 N–H and O–H groups in total. The van der Waals surface area contributed by atoms with Crippen LogP contribution in [-0.4, -0.2) is 80.1 Å². The molecule has 2 aliphatic rings. The molecule has 2 aromatic rings. The van der Waals surface area contributed by atoms with Gasteiger partial charge in [0.05, 0.1) is 17.1 Å². The van der Waals surface area contributed by atoms with Crippen molar-refractivity contribution in [1.82, 2.24) is 9.21 Å². The largest absolute Gasteiger partial charge is 0.508 e. The molecule has 2 aliphatic heterocycles. The van der Waals surface area contributed by atoms with Crippen LogP contribution in [0.3, 0.4) is 0 Å². The molecular weight excluding hydrogens is 430 g/mol. The Bertz CT molecular complexity index is 1040. The van der Waals surface area contributed by atoms with E-state index in [1.54, 1.807) is 29.2 Å². The lowest BCUT2D eigenvalue weighted by Crippen LogP contribution is -2.48. The molecule has 0 unspecified atom stereocenters. The molecule has 2 aromatic carbocycles. The summed E-state index contributed by atoms with van der Waals surface area (Å²) in [5.74, 6) is 0.124. The highest BCUT2D eigenvalue weighted by Gasteiger charge is 2.32. The molecule has 2 fully saturated rings. The van der Waals surface area contributed by atoms with Crippen LogP contribution in [0.25, 0.3) is 0 Å². The molecule has 0 aromatic heterocycles. The number of phenolic OH excluding ortho intramolecular Hbond substituents is 1. The molecule has 9 heteroatoms. The van der Waals surface area contributed by atoms with Gasteiger partial charge in [0.1, 0.15) is 5.75 Å². The summed E-state index contributed by atoms with van der Waals surface area (Å²) < 4.78 is 33.1. The van der Waals surface area contributed by atoms with Crippen LogP contribution in [0.5, 0.6) is 5.75 Å². The average molecular weight is 460 g/mol. The van der Waals surface area contributed by atoms with Crippen LogP contribution in [0.4, 0.5) is 5.69 Å². The molecule has 32 heavy (non-hydrogen) atoms. The van der Waals surface area contributed by atoms with Gasteiger partial charge in [-0.3, -0.25) is 4.79 Å². The average Bonchev–Trinajstić information content (AvgIpc) is 2.79. The van der Waals surface area contributed by atoms with Gasteiger partial charge < -0.3 is 19.6 Å². The molecule has 0 spiro atoms. The molecule has 0 aliphatic carbocycles. The lowest BCUT2D eigenvalue weighted by atomic mass is 10.1. The number of morpholine rings is 1. The smallest absolute Gasteiger partial charge is 0.253 e. The van der Waals surface area contributed by atoms with Gasteiger partial charge in [0.15, 0.2) is 0 Å². The second-order valence-corrected chi connectivity index (χ2v) is 10.3. The number of carbonyl (C=O) groups is 1. The minimum Gasteiger partial charge on any atom is -0.508 e. The second kappa shape index (κ2) is 9.09. The van der Waals surface area contributed by atoms with Crippen molar-refractivity contribution < 1.29 is 23.1 Å². The SMILES string of the molecule is C[C@@H]1CN(S(=O)(=O)c2ccc(C(=O)N3CCN(c4ccc(O)cc4)CC3)cc2)C[C@H](C)O1. The van der Waals surface area contributed by atoms with Gasteiger partial charge in [-0.15, -0.1) is 0 Å². The predicted molar refractivity (Wildman–Crippen MR) is 121 cm³/mol. The summed E-state index contributed by atoms with van der Waals surface area (Å²) in [6.45, 7) is 6.89. The van der Waals surface area contributed by atoms with Gasteiger partial charge in [-0.05, 0) is 62.4 Å². The van der Waals surface area contributed by atoms with Crippen molar-refractivity contribution in [2.75, 3.05) is 44.2 Å². The molecule has 0 bridgehead atoms. The van der Waals surface area contributed by atoms with Crippen molar-refractivity contribution >= 4 is 21.6 Å². The van der Waals surface area contributed by atoms with E-state index in [4.69, 9.17) is 4.74 Å². The quantitative estimate of drug-likeness (QED) is 0.754. The number of nitrogens with zero attached hydrogens (tertiary/aromatic N) is 3. The minimum absolute atomic E-state index is 0.104. The van der Waals surface area contributed by atoms with Crippen LogP contribution in [0.1, 0.15) is 24.2 Å². The van der Waals surface area contributed by atoms with Crippen LogP contribution >= 0.6 is 0 Å². The summed E-state index contributed by atoms with van der Waals surface area (Å²) in [6, 6.07) is 13.2. The van der Waals surface area contributed by atoms with Crippen LogP contribution in [-0.2, 0) is 14.8 Å². The topological polar surface area (TPSA) is 90.4 Å². The molecule has 8 nitrogen and oxygen atoms in total. The number of ether oxygens (including phenoxy) is 1. The summed E-state index contributed by atoms with van der Waals surface area (Å²) in [6.07, 6.45) is -0.316. The Labute approximate surface area is 189 Å². The number of sulfonamides is 1. The molecule has 2 atom stereocenters. The Kier molecular flexibility index (Phi) is 6.41. The lowest BCUT2D eigenvalue weighted by Gasteiger charge is -2.36. The minimum atomic E-state index is -3.63. The van der Waals surface area contributed by atoms with Gasteiger partial charge in [0.25, 0.3) is 5.91 Å². The number of amides is 1. The first-order chi connectivity index (χ1) is 15.2. The van der Waals surface area contributed by atoms with E-state index in [1.807, 2.05) is 26.0 Å². The maximum atomic E-state index is 13.0. The fourth-order valence-electron chi connectivity index (χ4n) is 4.26. The molecule has 172 valence electrons. The first kappa shape index (κ1) is 22.6. The Morgan fingerprint density at radius 1 is 0.906 bits per heavy atom. The number of rotatable bonds is 4. The molecule has 4 rings (SSSR count). The molecule has 1 amide bonds. The van der Waals surface area contributed by atoms with Crippen LogP contribution in [0.2, 0.25) is 0 Å². The number of hydrogen-bond donors (Lipinski definition) is 1. The van der Waals surface area contributed by atoms with Crippen molar-refractivity contribution in [3.05, 3.63) is 54.1 Å². The first-order valence-corrected chi connectivity index (χ1v) is 12.3. The zero-order valence-electron chi connectivity index (χ0n) is 18.3. The highest BCUT2D eigenvalue weighted by Crippen LogP contribution is 2.23. The van der Waals surface area contributed by atoms with E-state index in [2.05, 4.69) is 4.90 Å². The van der Waals surface area contributed by atoms with Gasteiger partial charge in [0.2, 0.25) is 10.0 Å². The van der Waals surface area contributed by atoms with Crippen molar-refractivity contribution in [2.45, 2.75) is 31.0 Å². The predicted octanol–water partition coefficient (Wildman–Crippen LogP) is 2.15. The van der Waals surface area contributed by atoms with Crippen molar-refractivity contribution in [3.63, 3.8) is 0 Å². The lowest BCUT2D eigenvalue weighted by molar-refractivity contribution is -0.0440. The monoisotopic (exact) mass is 459 g/mol. The highest BCUT2D eigenvalue weighted by atomic mass is 32.2. The summed E-state index contributed by atoms with van der Waals surface area (Å²) >= 11 is 0. The van der Waals surface area contributed by atoms with Crippen molar-refractivity contribution in [3.8, 4) is 5.75 Å². The normalized spacial score (nSPS) is 22.7. The van der Waals surface area contributed by atoms with Crippen LogP contribution in [0.15, 0.2) is 53.4 Å². The Morgan fingerprint density at radius 3 is 2.03 bits per heavy atom. The highest BCUT2D eigenvalue weighted by molar-refractivity contribution is 7.89. The number of anilines is 1. The van der Waals surface area contributed by atoms with Gasteiger partial charge >= 0.3 is 0 Å². The molecule has 2 heterocycles. The molecular formula is C23H29N3O5S. The van der Waals surface area contributed by atoms with E-state index in [0.29, 0.717) is 44.8 Å². The maximum absolute atomic E-state index is 13.0.